The molecule has 0 amide bonds. The Bertz CT molecular complexity index is 292. The molecule has 0 aliphatic carbocycles. The fourth-order valence-corrected chi connectivity index (χ4v) is 1.46. The lowest BCUT2D eigenvalue weighted by Crippen LogP contribution is -1.96. The average molecular weight is 185 g/mol. The lowest BCUT2D eigenvalue weighted by molar-refractivity contribution is 0.198. The molecule has 1 aromatic carbocycles. The molecule has 1 nitrogen and oxygen atoms in total. The Balaban J connectivity index is 3.27. The predicted octanol–water partition coefficient (Wildman–Crippen LogP) is 3.01. The summed E-state index contributed by atoms with van der Waals surface area (Å²) in [4.78, 5) is 0. The molecule has 1 N–H and O–H groups in total. The Morgan fingerprint density at radius 2 is 1.92 bits per heavy atom. The van der Waals surface area contributed by atoms with Crippen LogP contribution in [0.3, 0.4) is 0 Å². The van der Waals surface area contributed by atoms with Gasteiger partial charge in [0.05, 0.1) is 6.10 Å². The zero-order valence-electron chi connectivity index (χ0n) is 7.56. The SMILES string of the molecule is Cc1ccc(C(C)O)c(C)c1Cl. The van der Waals surface area contributed by atoms with Crippen molar-refractivity contribution in [3.63, 3.8) is 0 Å². The first kappa shape index (κ1) is 9.56. The highest BCUT2D eigenvalue weighted by atomic mass is 35.5. The molecule has 2 heteroatoms. The maximum absolute atomic E-state index is 9.36. The summed E-state index contributed by atoms with van der Waals surface area (Å²) < 4.78 is 0. The highest BCUT2D eigenvalue weighted by Crippen LogP contribution is 2.26. The number of benzene rings is 1. The van der Waals surface area contributed by atoms with Crippen molar-refractivity contribution in [2.75, 3.05) is 0 Å². The highest BCUT2D eigenvalue weighted by molar-refractivity contribution is 6.32. The second-order valence-corrected chi connectivity index (χ2v) is 3.46. The van der Waals surface area contributed by atoms with E-state index >= 15 is 0 Å². The van der Waals surface area contributed by atoms with Gasteiger partial charge < -0.3 is 5.11 Å². The van der Waals surface area contributed by atoms with Crippen LogP contribution in [0.2, 0.25) is 5.02 Å². The van der Waals surface area contributed by atoms with E-state index in [1.54, 1.807) is 6.92 Å². The maximum atomic E-state index is 9.36. The Morgan fingerprint density at radius 1 is 1.33 bits per heavy atom. The molecular formula is C10H13ClO. The molecule has 1 atom stereocenters. The third-order valence-electron chi connectivity index (χ3n) is 2.07. The maximum Gasteiger partial charge on any atom is 0.0765 e. The molecule has 0 saturated heterocycles. The molecule has 0 spiro atoms. The van der Waals surface area contributed by atoms with Gasteiger partial charge in [0.15, 0.2) is 0 Å². The lowest BCUT2D eigenvalue weighted by atomic mass is 10.0. The van der Waals surface area contributed by atoms with E-state index in [1.165, 1.54) is 0 Å². The number of halogens is 1. The second-order valence-electron chi connectivity index (χ2n) is 3.09. The van der Waals surface area contributed by atoms with Crippen molar-refractivity contribution < 1.29 is 5.11 Å². The molecule has 1 unspecified atom stereocenters. The summed E-state index contributed by atoms with van der Waals surface area (Å²) in [5, 5.41) is 10.1. The molecule has 0 bridgehead atoms. The monoisotopic (exact) mass is 184 g/mol. The number of aryl methyl sites for hydroxylation is 1. The van der Waals surface area contributed by atoms with Crippen molar-refractivity contribution in [3.8, 4) is 0 Å². The summed E-state index contributed by atoms with van der Waals surface area (Å²) in [5.74, 6) is 0. The van der Waals surface area contributed by atoms with Gasteiger partial charge in [-0.2, -0.15) is 0 Å². The lowest BCUT2D eigenvalue weighted by Gasteiger charge is -2.11. The van der Waals surface area contributed by atoms with E-state index in [9.17, 15) is 5.11 Å². The van der Waals surface area contributed by atoms with Crippen LogP contribution >= 0.6 is 11.6 Å². The fraction of sp³-hybridized carbons (Fsp3) is 0.400. The number of aliphatic hydroxyl groups is 1. The van der Waals surface area contributed by atoms with E-state index in [-0.39, 0.29) is 0 Å². The third kappa shape index (κ3) is 1.62. The van der Waals surface area contributed by atoms with Crippen LogP contribution in [-0.2, 0) is 0 Å². The summed E-state index contributed by atoms with van der Waals surface area (Å²) in [6.45, 7) is 5.63. The first-order valence-corrected chi connectivity index (χ1v) is 4.35. The molecule has 0 fully saturated rings. The molecule has 0 radical (unpaired) electrons. The molecule has 0 aromatic heterocycles. The Labute approximate surface area is 78.0 Å². The van der Waals surface area contributed by atoms with Gasteiger partial charge in [0.25, 0.3) is 0 Å². The highest BCUT2D eigenvalue weighted by Gasteiger charge is 2.08. The molecule has 0 aliphatic rings. The largest absolute Gasteiger partial charge is 0.389 e. The smallest absolute Gasteiger partial charge is 0.0765 e. The molecule has 0 saturated carbocycles. The molecule has 0 heterocycles. The van der Waals surface area contributed by atoms with Crippen molar-refractivity contribution in [3.05, 3.63) is 33.8 Å². The zero-order valence-corrected chi connectivity index (χ0v) is 8.31. The zero-order chi connectivity index (χ0) is 9.30. The molecule has 0 aliphatic heterocycles. The van der Waals surface area contributed by atoms with E-state index in [4.69, 9.17) is 11.6 Å². The summed E-state index contributed by atoms with van der Waals surface area (Å²) in [7, 11) is 0. The first-order chi connectivity index (χ1) is 5.54. The number of aliphatic hydroxyl groups excluding tert-OH is 1. The fourth-order valence-electron chi connectivity index (χ4n) is 1.29. The predicted molar refractivity (Wildman–Crippen MR) is 51.6 cm³/mol. The quantitative estimate of drug-likeness (QED) is 0.712. The minimum absolute atomic E-state index is 0.442. The summed E-state index contributed by atoms with van der Waals surface area (Å²) in [6, 6.07) is 3.85. The van der Waals surface area contributed by atoms with Crippen molar-refractivity contribution in [2.45, 2.75) is 26.9 Å². The van der Waals surface area contributed by atoms with E-state index in [2.05, 4.69) is 0 Å². The van der Waals surface area contributed by atoms with Crippen LogP contribution < -0.4 is 0 Å². The van der Waals surface area contributed by atoms with Gasteiger partial charge in [-0.25, -0.2) is 0 Å². The van der Waals surface area contributed by atoms with Crippen LogP contribution in [0, 0.1) is 13.8 Å². The molecule has 12 heavy (non-hydrogen) atoms. The molecule has 1 rings (SSSR count). The number of hydrogen-bond acceptors (Lipinski definition) is 1. The first-order valence-electron chi connectivity index (χ1n) is 3.97. The van der Waals surface area contributed by atoms with E-state index in [0.717, 1.165) is 21.7 Å². The van der Waals surface area contributed by atoms with Crippen molar-refractivity contribution in [1.29, 1.82) is 0 Å². The van der Waals surface area contributed by atoms with E-state index < -0.39 is 6.10 Å². The topological polar surface area (TPSA) is 20.2 Å². The van der Waals surface area contributed by atoms with Crippen molar-refractivity contribution >= 4 is 11.6 Å². The Hall–Kier alpha value is -0.530. The van der Waals surface area contributed by atoms with Crippen molar-refractivity contribution in [2.24, 2.45) is 0 Å². The summed E-state index contributed by atoms with van der Waals surface area (Å²) in [6.07, 6.45) is -0.442. The minimum atomic E-state index is -0.442. The van der Waals surface area contributed by atoms with Gasteiger partial charge in [-0.15, -0.1) is 0 Å². The van der Waals surface area contributed by atoms with E-state index in [1.807, 2.05) is 26.0 Å². The van der Waals surface area contributed by atoms with Crippen molar-refractivity contribution in [1.82, 2.24) is 0 Å². The van der Waals surface area contributed by atoms with Gasteiger partial charge in [-0.1, -0.05) is 23.7 Å². The second kappa shape index (κ2) is 3.46. The van der Waals surface area contributed by atoms with Crippen LogP contribution in [0.1, 0.15) is 29.7 Å². The third-order valence-corrected chi connectivity index (χ3v) is 2.65. The molecular weight excluding hydrogens is 172 g/mol. The normalized spacial score (nSPS) is 13.1. The number of rotatable bonds is 1. The van der Waals surface area contributed by atoms with Crippen LogP contribution in [0.25, 0.3) is 0 Å². The van der Waals surface area contributed by atoms with Gasteiger partial charge in [0.1, 0.15) is 0 Å². The Kier molecular flexibility index (Phi) is 2.76. The van der Waals surface area contributed by atoms with Gasteiger partial charge in [-0.05, 0) is 37.5 Å². The molecule has 1 aromatic rings. The minimum Gasteiger partial charge on any atom is -0.389 e. The van der Waals surface area contributed by atoms with Crippen LogP contribution in [0.15, 0.2) is 12.1 Å². The standard InChI is InChI=1S/C10H13ClO/c1-6-4-5-9(8(3)12)7(2)10(6)11/h4-5,8,12H,1-3H3. The van der Waals surface area contributed by atoms with Gasteiger partial charge in [0, 0.05) is 5.02 Å². The Morgan fingerprint density at radius 3 is 2.42 bits per heavy atom. The number of hydrogen-bond donors (Lipinski definition) is 1. The van der Waals surface area contributed by atoms with Gasteiger partial charge in [0.2, 0.25) is 0 Å². The summed E-state index contributed by atoms with van der Waals surface area (Å²) in [5.41, 5.74) is 2.94. The van der Waals surface area contributed by atoms with Gasteiger partial charge in [-0.3, -0.25) is 0 Å². The molecule has 66 valence electrons. The van der Waals surface area contributed by atoms with Crippen LogP contribution in [0.5, 0.6) is 0 Å². The van der Waals surface area contributed by atoms with Crippen LogP contribution in [0.4, 0.5) is 0 Å². The van der Waals surface area contributed by atoms with Gasteiger partial charge >= 0.3 is 0 Å². The summed E-state index contributed by atoms with van der Waals surface area (Å²) >= 11 is 6.02. The van der Waals surface area contributed by atoms with E-state index in [0.29, 0.717) is 0 Å². The average Bonchev–Trinajstić information content (AvgIpc) is 2.00. The van der Waals surface area contributed by atoms with Crippen LogP contribution in [-0.4, -0.2) is 5.11 Å².